The predicted octanol–water partition coefficient (Wildman–Crippen LogP) is 3.33. The van der Waals surface area contributed by atoms with Crippen LogP contribution in [0.1, 0.15) is 39.0 Å². The number of piperidine rings is 1. The fourth-order valence-electron chi connectivity index (χ4n) is 3.52. The molecule has 1 saturated heterocycles. The van der Waals surface area contributed by atoms with Crippen molar-refractivity contribution in [2.24, 2.45) is 11.8 Å². The highest BCUT2D eigenvalue weighted by Crippen LogP contribution is 2.42. The van der Waals surface area contributed by atoms with Gasteiger partial charge in [0.2, 0.25) is 11.8 Å². The van der Waals surface area contributed by atoms with Gasteiger partial charge >= 0.3 is 0 Å². The molecule has 1 aliphatic carbocycles. The summed E-state index contributed by atoms with van der Waals surface area (Å²) in [6, 6.07) is 3.67. The number of hydrogen-bond donors (Lipinski definition) is 1. The van der Waals surface area contributed by atoms with Gasteiger partial charge in [-0.25, -0.2) is 8.78 Å². The van der Waals surface area contributed by atoms with Gasteiger partial charge in [-0.2, -0.15) is 0 Å². The Bertz CT molecular complexity index is 630. The van der Waals surface area contributed by atoms with Gasteiger partial charge in [0.1, 0.15) is 17.3 Å². The maximum absolute atomic E-state index is 13.6. The minimum atomic E-state index is -0.811. The second kappa shape index (κ2) is 6.87. The van der Waals surface area contributed by atoms with Crippen LogP contribution in [0.25, 0.3) is 0 Å². The molecule has 0 spiro atoms. The molecule has 3 atom stereocenters. The summed E-state index contributed by atoms with van der Waals surface area (Å²) in [6.45, 7) is 2.80. The van der Waals surface area contributed by atoms with Crippen LogP contribution < -0.4 is 5.32 Å². The zero-order valence-electron chi connectivity index (χ0n) is 13.7. The molecule has 1 heterocycles. The first-order valence-corrected chi connectivity index (χ1v) is 8.58. The van der Waals surface area contributed by atoms with E-state index in [9.17, 15) is 18.4 Å². The van der Waals surface area contributed by atoms with E-state index in [4.69, 9.17) is 0 Å². The standard InChI is InChI=1S/C18H22F2N2O2/c1-2-11-6-3-4-9-22(11)18(24)13-10-12(13)17(23)21-16-14(19)7-5-8-15(16)20/h5,7-8,11-13H,2-4,6,9-10H2,1H3,(H,21,23). The molecule has 1 aromatic carbocycles. The second-order valence-electron chi connectivity index (χ2n) is 6.62. The normalized spacial score (nSPS) is 26.1. The molecule has 0 aromatic heterocycles. The molecule has 24 heavy (non-hydrogen) atoms. The number of halogens is 2. The van der Waals surface area contributed by atoms with Gasteiger partial charge in [-0.05, 0) is 44.2 Å². The highest BCUT2D eigenvalue weighted by molar-refractivity contribution is 5.99. The van der Waals surface area contributed by atoms with Gasteiger partial charge in [-0.1, -0.05) is 13.0 Å². The minimum Gasteiger partial charge on any atom is -0.339 e. The van der Waals surface area contributed by atoms with Gasteiger partial charge in [0.05, 0.1) is 11.8 Å². The third kappa shape index (κ3) is 3.28. The molecule has 2 amide bonds. The Balaban J connectivity index is 1.62. The third-order valence-corrected chi connectivity index (χ3v) is 5.04. The number of rotatable bonds is 4. The van der Waals surface area contributed by atoms with E-state index in [1.54, 1.807) is 0 Å². The Morgan fingerprint density at radius 2 is 1.92 bits per heavy atom. The average molecular weight is 336 g/mol. The van der Waals surface area contributed by atoms with E-state index in [-0.39, 0.29) is 17.9 Å². The first-order valence-electron chi connectivity index (χ1n) is 8.58. The van der Waals surface area contributed by atoms with Crippen molar-refractivity contribution in [3.63, 3.8) is 0 Å². The Hall–Kier alpha value is -1.98. The Labute approximate surface area is 140 Å². The molecule has 3 unspecified atom stereocenters. The fourth-order valence-corrected chi connectivity index (χ4v) is 3.52. The summed E-state index contributed by atoms with van der Waals surface area (Å²) in [4.78, 5) is 26.7. The predicted molar refractivity (Wildman–Crippen MR) is 86.2 cm³/mol. The van der Waals surface area contributed by atoms with E-state index in [1.165, 1.54) is 6.07 Å². The van der Waals surface area contributed by atoms with Gasteiger partial charge in [0, 0.05) is 12.6 Å². The maximum atomic E-state index is 13.6. The van der Waals surface area contributed by atoms with Crippen molar-refractivity contribution < 1.29 is 18.4 Å². The van der Waals surface area contributed by atoms with Crippen LogP contribution >= 0.6 is 0 Å². The van der Waals surface area contributed by atoms with Crippen molar-refractivity contribution in [1.82, 2.24) is 4.90 Å². The first kappa shape index (κ1) is 16.9. The molecule has 3 rings (SSSR count). The third-order valence-electron chi connectivity index (χ3n) is 5.04. The average Bonchev–Trinajstić information content (AvgIpc) is 3.38. The van der Waals surface area contributed by atoms with Crippen molar-refractivity contribution in [3.8, 4) is 0 Å². The van der Waals surface area contributed by atoms with E-state index in [0.29, 0.717) is 6.42 Å². The lowest BCUT2D eigenvalue weighted by Crippen LogP contribution is -2.44. The van der Waals surface area contributed by atoms with Gasteiger partial charge in [0.25, 0.3) is 0 Å². The number of nitrogens with zero attached hydrogens (tertiary/aromatic N) is 1. The molecule has 1 aromatic rings. The summed E-state index contributed by atoms with van der Waals surface area (Å²) < 4.78 is 27.2. The SMILES string of the molecule is CCC1CCCCN1C(=O)C1CC1C(=O)Nc1c(F)cccc1F. The van der Waals surface area contributed by atoms with E-state index < -0.39 is 29.1 Å². The van der Waals surface area contributed by atoms with Crippen molar-refractivity contribution in [2.45, 2.75) is 45.1 Å². The van der Waals surface area contributed by atoms with E-state index in [2.05, 4.69) is 12.2 Å². The highest BCUT2D eigenvalue weighted by atomic mass is 19.1. The summed E-state index contributed by atoms with van der Waals surface area (Å²) in [6.07, 6.45) is 4.49. The Morgan fingerprint density at radius 1 is 1.21 bits per heavy atom. The van der Waals surface area contributed by atoms with Crippen LogP contribution in [-0.2, 0) is 9.59 Å². The molecule has 1 N–H and O–H groups in total. The molecule has 1 saturated carbocycles. The van der Waals surface area contributed by atoms with Crippen LogP contribution in [0.15, 0.2) is 18.2 Å². The van der Waals surface area contributed by atoms with Crippen LogP contribution in [0, 0.1) is 23.5 Å². The van der Waals surface area contributed by atoms with Crippen LogP contribution in [0.4, 0.5) is 14.5 Å². The van der Waals surface area contributed by atoms with Crippen LogP contribution in [-0.4, -0.2) is 29.3 Å². The summed E-state index contributed by atoms with van der Waals surface area (Å²) >= 11 is 0. The molecule has 2 aliphatic rings. The lowest BCUT2D eigenvalue weighted by molar-refractivity contribution is -0.137. The molecule has 4 nitrogen and oxygen atoms in total. The Morgan fingerprint density at radius 3 is 2.58 bits per heavy atom. The van der Waals surface area contributed by atoms with E-state index in [1.807, 2.05) is 4.90 Å². The highest BCUT2D eigenvalue weighted by Gasteiger charge is 2.50. The summed E-state index contributed by atoms with van der Waals surface area (Å²) in [5.41, 5.74) is -0.440. The van der Waals surface area contributed by atoms with E-state index >= 15 is 0 Å². The number of amides is 2. The minimum absolute atomic E-state index is 0.00991. The number of benzene rings is 1. The first-order chi connectivity index (χ1) is 11.5. The van der Waals surface area contributed by atoms with Gasteiger partial charge in [0.15, 0.2) is 0 Å². The molecule has 0 bridgehead atoms. The molecule has 6 heteroatoms. The lowest BCUT2D eigenvalue weighted by Gasteiger charge is -2.35. The molecule has 130 valence electrons. The molecule has 1 aliphatic heterocycles. The smallest absolute Gasteiger partial charge is 0.228 e. The quantitative estimate of drug-likeness (QED) is 0.917. The van der Waals surface area contributed by atoms with Crippen LogP contribution in [0.3, 0.4) is 0 Å². The molecule has 2 fully saturated rings. The number of hydrogen-bond acceptors (Lipinski definition) is 2. The van der Waals surface area contributed by atoms with Crippen molar-refractivity contribution >= 4 is 17.5 Å². The zero-order chi connectivity index (χ0) is 17.3. The number of likely N-dealkylation sites (tertiary alicyclic amines) is 1. The van der Waals surface area contributed by atoms with Gasteiger partial charge < -0.3 is 10.2 Å². The largest absolute Gasteiger partial charge is 0.339 e. The lowest BCUT2D eigenvalue weighted by atomic mass is 9.99. The van der Waals surface area contributed by atoms with Crippen molar-refractivity contribution in [3.05, 3.63) is 29.8 Å². The Kier molecular flexibility index (Phi) is 4.83. The number of nitrogens with one attached hydrogen (secondary N) is 1. The number of carbonyl (C=O) groups excluding carboxylic acids is 2. The number of carbonyl (C=O) groups is 2. The van der Waals surface area contributed by atoms with Crippen molar-refractivity contribution in [2.75, 3.05) is 11.9 Å². The van der Waals surface area contributed by atoms with E-state index in [0.717, 1.165) is 44.4 Å². The number of para-hydroxylation sites is 1. The van der Waals surface area contributed by atoms with Gasteiger partial charge in [-0.15, -0.1) is 0 Å². The monoisotopic (exact) mass is 336 g/mol. The topological polar surface area (TPSA) is 49.4 Å². The fraction of sp³-hybridized carbons (Fsp3) is 0.556. The summed E-state index contributed by atoms with van der Waals surface area (Å²) in [5.74, 6) is -2.94. The van der Waals surface area contributed by atoms with Crippen LogP contribution in [0.2, 0.25) is 0 Å². The second-order valence-corrected chi connectivity index (χ2v) is 6.62. The summed E-state index contributed by atoms with van der Waals surface area (Å²) in [7, 11) is 0. The molecular weight excluding hydrogens is 314 g/mol. The zero-order valence-corrected chi connectivity index (χ0v) is 13.7. The molecule has 0 radical (unpaired) electrons. The van der Waals surface area contributed by atoms with Crippen molar-refractivity contribution in [1.29, 1.82) is 0 Å². The molecular formula is C18H22F2N2O2. The number of anilines is 1. The van der Waals surface area contributed by atoms with Gasteiger partial charge in [-0.3, -0.25) is 9.59 Å². The maximum Gasteiger partial charge on any atom is 0.228 e. The van der Waals surface area contributed by atoms with Crippen LogP contribution in [0.5, 0.6) is 0 Å². The summed E-state index contributed by atoms with van der Waals surface area (Å²) in [5, 5.41) is 2.29.